The van der Waals surface area contributed by atoms with Gasteiger partial charge in [-0.25, -0.2) is 0 Å². The van der Waals surface area contributed by atoms with Crippen LogP contribution >= 0.6 is 24.0 Å². The molecule has 1 N–H and O–H groups in total. The molecule has 0 spiro atoms. The van der Waals surface area contributed by atoms with Crippen molar-refractivity contribution >= 4 is 35.7 Å². The number of carbonyl (C=O) groups excluding carboxylic acids is 1. The van der Waals surface area contributed by atoms with Crippen molar-refractivity contribution in [2.75, 3.05) is 0 Å². The van der Waals surface area contributed by atoms with Crippen LogP contribution in [0.4, 0.5) is 0 Å². The minimum atomic E-state index is -0.909. The summed E-state index contributed by atoms with van der Waals surface area (Å²) in [5.74, 6) is -1.61. The van der Waals surface area contributed by atoms with Gasteiger partial charge in [0.25, 0.3) is 0 Å². The van der Waals surface area contributed by atoms with E-state index in [0.29, 0.717) is 6.42 Å². The number of benzene rings is 1. The van der Waals surface area contributed by atoms with E-state index in [9.17, 15) is 14.7 Å². The number of thiophene rings is 1. The van der Waals surface area contributed by atoms with Crippen LogP contribution < -0.4 is 0 Å². The molecule has 2 aromatic rings. The third-order valence-electron chi connectivity index (χ3n) is 5.27. The first-order valence-corrected chi connectivity index (χ1v) is 10.5. The van der Waals surface area contributed by atoms with E-state index < -0.39 is 16.6 Å². The number of ketones is 1. The van der Waals surface area contributed by atoms with Crippen molar-refractivity contribution < 1.29 is 14.7 Å². The zero-order valence-electron chi connectivity index (χ0n) is 14.7. The fraction of sp³-hybridized carbons (Fsp3) is 0.429. The second-order valence-electron chi connectivity index (χ2n) is 7.17. The Balaban J connectivity index is 1.66. The lowest BCUT2D eigenvalue weighted by atomic mass is 9.81. The molecule has 1 aliphatic carbocycles. The molecule has 0 amide bonds. The van der Waals surface area contributed by atoms with E-state index in [0.717, 1.165) is 43.2 Å². The number of hydrogen-bond acceptors (Lipinski definition) is 4. The molecule has 0 saturated heterocycles. The van der Waals surface area contributed by atoms with E-state index in [-0.39, 0.29) is 12.2 Å². The zero-order chi connectivity index (χ0) is 18.6. The SMILES string of the molecule is O=C(O)C(CC(=O)C1(S)CCCCC1)Cc1ccc(-c2ccsc2)cc1. The molecule has 1 unspecified atom stereocenters. The lowest BCUT2D eigenvalue weighted by Gasteiger charge is -2.31. The van der Waals surface area contributed by atoms with E-state index in [2.05, 4.69) is 24.1 Å². The van der Waals surface area contributed by atoms with Crippen LogP contribution in [-0.4, -0.2) is 21.6 Å². The Morgan fingerprint density at radius 3 is 2.35 bits per heavy atom. The summed E-state index contributed by atoms with van der Waals surface area (Å²) in [5, 5.41) is 13.7. The lowest BCUT2D eigenvalue weighted by molar-refractivity contribution is -0.144. The number of carboxylic acid groups (broad SMARTS) is 1. The van der Waals surface area contributed by atoms with Crippen LogP contribution in [0.15, 0.2) is 41.1 Å². The fourth-order valence-electron chi connectivity index (χ4n) is 3.62. The highest BCUT2D eigenvalue weighted by molar-refractivity contribution is 7.82. The van der Waals surface area contributed by atoms with Gasteiger partial charge in [-0.3, -0.25) is 9.59 Å². The van der Waals surface area contributed by atoms with Crippen molar-refractivity contribution in [3.8, 4) is 11.1 Å². The van der Waals surface area contributed by atoms with Crippen molar-refractivity contribution in [2.45, 2.75) is 49.7 Å². The van der Waals surface area contributed by atoms with Crippen molar-refractivity contribution in [3.05, 3.63) is 46.7 Å². The molecule has 1 heterocycles. The molecule has 0 radical (unpaired) electrons. The molecule has 5 heteroatoms. The molecular formula is C21H24O3S2. The summed E-state index contributed by atoms with van der Waals surface area (Å²) in [7, 11) is 0. The predicted octanol–water partition coefficient (Wildman–Crippen LogP) is 5.25. The molecular weight excluding hydrogens is 364 g/mol. The number of carbonyl (C=O) groups is 2. The van der Waals surface area contributed by atoms with Gasteiger partial charge in [0.05, 0.1) is 10.7 Å². The first-order chi connectivity index (χ1) is 12.5. The van der Waals surface area contributed by atoms with Crippen molar-refractivity contribution in [1.82, 2.24) is 0 Å². The normalized spacial score (nSPS) is 17.6. The molecule has 1 fully saturated rings. The van der Waals surface area contributed by atoms with Gasteiger partial charge in [-0.1, -0.05) is 43.5 Å². The summed E-state index contributed by atoms with van der Waals surface area (Å²) >= 11 is 6.27. The maximum atomic E-state index is 12.7. The quantitative estimate of drug-likeness (QED) is 0.637. The van der Waals surface area contributed by atoms with E-state index >= 15 is 0 Å². The monoisotopic (exact) mass is 388 g/mol. The Bertz CT molecular complexity index is 744. The van der Waals surface area contributed by atoms with Gasteiger partial charge < -0.3 is 5.11 Å². The van der Waals surface area contributed by atoms with E-state index in [1.807, 2.05) is 29.6 Å². The van der Waals surface area contributed by atoms with Crippen LogP contribution in [-0.2, 0) is 16.0 Å². The second kappa shape index (κ2) is 8.40. The topological polar surface area (TPSA) is 54.4 Å². The molecule has 1 atom stereocenters. The third-order valence-corrected chi connectivity index (χ3v) is 6.65. The number of Topliss-reactive ketones (excluding diaryl/α,β-unsaturated/α-hetero) is 1. The Kier molecular flexibility index (Phi) is 6.20. The predicted molar refractivity (Wildman–Crippen MR) is 109 cm³/mol. The Morgan fingerprint density at radius 2 is 1.77 bits per heavy atom. The van der Waals surface area contributed by atoms with Gasteiger partial charge in [0.2, 0.25) is 0 Å². The molecule has 3 nitrogen and oxygen atoms in total. The Morgan fingerprint density at radius 1 is 1.08 bits per heavy atom. The number of aliphatic carboxylic acids is 1. The van der Waals surface area contributed by atoms with Gasteiger partial charge in [0.1, 0.15) is 5.78 Å². The highest BCUT2D eigenvalue weighted by atomic mass is 32.1. The summed E-state index contributed by atoms with van der Waals surface area (Å²) in [4.78, 5) is 24.4. The highest BCUT2D eigenvalue weighted by Gasteiger charge is 2.37. The molecule has 26 heavy (non-hydrogen) atoms. The summed E-state index contributed by atoms with van der Waals surface area (Å²) in [6, 6.07) is 10.0. The number of thiol groups is 1. The van der Waals surface area contributed by atoms with E-state index in [4.69, 9.17) is 0 Å². The summed E-state index contributed by atoms with van der Waals surface area (Å²) < 4.78 is -0.630. The first kappa shape index (κ1) is 19.2. The Hall–Kier alpha value is -1.59. The molecule has 138 valence electrons. The average molecular weight is 389 g/mol. The minimum absolute atomic E-state index is 0.0113. The number of hydrogen-bond donors (Lipinski definition) is 2. The van der Waals surface area contributed by atoms with Crippen molar-refractivity contribution in [3.63, 3.8) is 0 Å². The zero-order valence-corrected chi connectivity index (χ0v) is 16.4. The van der Waals surface area contributed by atoms with E-state index in [1.165, 1.54) is 5.56 Å². The largest absolute Gasteiger partial charge is 0.481 e. The van der Waals surface area contributed by atoms with Crippen LogP contribution in [0.3, 0.4) is 0 Å². The molecule has 0 aliphatic heterocycles. The minimum Gasteiger partial charge on any atom is -0.481 e. The van der Waals surface area contributed by atoms with Gasteiger partial charge in [-0.15, -0.1) is 0 Å². The Labute approximate surface area is 163 Å². The van der Waals surface area contributed by atoms with Crippen molar-refractivity contribution in [1.29, 1.82) is 0 Å². The standard InChI is InChI=1S/C21H24O3S2/c22-19(21(25)9-2-1-3-10-21)13-18(20(23)24)12-15-4-6-16(7-5-15)17-8-11-26-14-17/h4-8,11,14,18,25H,1-3,9-10,12-13H2,(H,23,24). The molecule has 1 saturated carbocycles. The summed E-state index contributed by atoms with van der Waals surface area (Å²) in [6.07, 6.45) is 5.08. The van der Waals surface area contributed by atoms with Crippen LogP contribution in [0.2, 0.25) is 0 Å². The van der Waals surface area contributed by atoms with Gasteiger partial charge in [0.15, 0.2) is 0 Å². The molecule has 1 aliphatic rings. The molecule has 0 bridgehead atoms. The summed E-state index contributed by atoms with van der Waals surface area (Å²) in [5.41, 5.74) is 3.23. The van der Waals surface area contributed by atoms with Gasteiger partial charge >= 0.3 is 5.97 Å². The van der Waals surface area contributed by atoms with Gasteiger partial charge in [-0.2, -0.15) is 24.0 Å². The molecule has 3 rings (SSSR count). The van der Waals surface area contributed by atoms with Crippen LogP contribution in [0, 0.1) is 5.92 Å². The molecule has 1 aromatic heterocycles. The van der Waals surface area contributed by atoms with Crippen LogP contribution in [0.1, 0.15) is 44.1 Å². The maximum absolute atomic E-state index is 12.7. The van der Waals surface area contributed by atoms with Gasteiger partial charge in [-0.05, 0) is 52.8 Å². The highest BCUT2D eigenvalue weighted by Crippen LogP contribution is 2.36. The summed E-state index contributed by atoms with van der Waals surface area (Å²) in [6.45, 7) is 0. The maximum Gasteiger partial charge on any atom is 0.307 e. The average Bonchev–Trinajstić information content (AvgIpc) is 3.17. The second-order valence-corrected chi connectivity index (χ2v) is 8.80. The smallest absolute Gasteiger partial charge is 0.307 e. The third kappa shape index (κ3) is 4.57. The number of rotatable bonds is 7. The molecule has 1 aromatic carbocycles. The lowest BCUT2D eigenvalue weighted by Crippen LogP contribution is -2.37. The van der Waals surface area contributed by atoms with Crippen LogP contribution in [0.5, 0.6) is 0 Å². The first-order valence-electron chi connectivity index (χ1n) is 9.08. The van der Waals surface area contributed by atoms with Gasteiger partial charge in [0, 0.05) is 6.42 Å². The van der Waals surface area contributed by atoms with Crippen molar-refractivity contribution in [2.24, 2.45) is 5.92 Å². The van der Waals surface area contributed by atoms with E-state index in [1.54, 1.807) is 11.3 Å². The number of carboxylic acids is 1. The fourth-order valence-corrected chi connectivity index (χ4v) is 4.70. The van der Waals surface area contributed by atoms with Crippen LogP contribution in [0.25, 0.3) is 11.1 Å².